The molecular weight excluding hydrogens is 500 g/mol. The molecule has 3 aromatic rings. The van der Waals surface area contributed by atoms with Gasteiger partial charge in [0.15, 0.2) is 5.17 Å². The molecule has 6 rings (SSSR count). The number of fused-ring (bicyclic) bond motifs is 1. The second-order valence-electron chi connectivity index (χ2n) is 11.3. The van der Waals surface area contributed by atoms with Crippen LogP contribution >= 0.6 is 11.8 Å². The van der Waals surface area contributed by atoms with Gasteiger partial charge in [0.05, 0.1) is 10.9 Å². The third-order valence-electron chi connectivity index (χ3n) is 8.37. The van der Waals surface area contributed by atoms with Crippen molar-refractivity contribution in [1.29, 1.82) is 0 Å². The SMILES string of the molecule is Cc1ccc(COc2ccc3ccccc3c2C=C2SC(=NC3CCCCC3)N(C3CCCCC3)C2=O)cc1. The molecule has 1 aliphatic heterocycles. The maximum absolute atomic E-state index is 14.0. The lowest BCUT2D eigenvalue weighted by atomic mass is 9.94. The standard InChI is InChI=1S/C34H38N2O2S/c1-24-16-18-25(19-17-24)23-38-31-21-20-26-10-8-9-15-29(26)30(31)22-32-33(37)36(28-13-6-3-7-14-28)34(39-32)35-27-11-4-2-5-12-27/h8-10,15-22,27-28H,2-7,11-14,23H2,1H3. The van der Waals surface area contributed by atoms with E-state index in [1.54, 1.807) is 11.8 Å². The highest BCUT2D eigenvalue weighted by atomic mass is 32.2. The van der Waals surface area contributed by atoms with Crippen LogP contribution in [0.25, 0.3) is 16.8 Å². The van der Waals surface area contributed by atoms with Gasteiger partial charge < -0.3 is 4.74 Å². The van der Waals surface area contributed by atoms with Gasteiger partial charge >= 0.3 is 0 Å². The van der Waals surface area contributed by atoms with E-state index in [0.717, 1.165) is 63.4 Å². The molecule has 0 unspecified atom stereocenters. The van der Waals surface area contributed by atoms with Crippen LogP contribution in [0.1, 0.15) is 80.9 Å². The zero-order chi connectivity index (χ0) is 26.6. The zero-order valence-electron chi connectivity index (χ0n) is 22.9. The Morgan fingerprint density at radius 3 is 2.38 bits per heavy atom. The zero-order valence-corrected chi connectivity index (χ0v) is 23.7. The summed E-state index contributed by atoms with van der Waals surface area (Å²) in [6.07, 6.45) is 13.9. The van der Waals surface area contributed by atoms with Crippen LogP contribution in [0.15, 0.2) is 70.6 Å². The molecule has 3 aliphatic rings. The lowest BCUT2D eigenvalue weighted by Crippen LogP contribution is -2.41. The molecule has 39 heavy (non-hydrogen) atoms. The Hall–Kier alpha value is -3.05. The Morgan fingerprint density at radius 1 is 0.897 bits per heavy atom. The van der Waals surface area contributed by atoms with Crippen molar-refractivity contribution >= 4 is 39.7 Å². The summed E-state index contributed by atoms with van der Waals surface area (Å²) in [4.78, 5) is 22.1. The molecular formula is C34H38N2O2S. The summed E-state index contributed by atoms with van der Waals surface area (Å²) in [6.45, 7) is 2.58. The summed E-state index contributed by atoms with van der Waals surface area (Å²) >= 11 is 1.57. The third kappa shape index (κ3) is 5.94. The summed E-state index contributed by atoms with van der Waals surface area (Å²) in [5.41, 5.74) is 3.34. The Morgan fingerprint density at radius 2 is 1.62 bits per heavy atom. The number of amides is 1. The van der Waals surface area contributed by atoms with E-state index in [1.807, 2.05) is 6.07 Å². The summed E-state index contributed by atoms with van der Waals surface area (Å²) in [7, 11) is 0. The number of aliphatic imine (C=N–C) groups is 1. The first-order chi connectivity index (χ1) is 19.2. The Balaban J connectivity index is 1.36. The third-order valence-corrected chi connectivity index (χ3v) is 9.36. The fourth-order valence-electron chi connectivity index (χ4n) is 6.13. The van der Waals surface area contributed by atoms with Gasteiger partial charge in [-0.05, 0) is 72.8 Å². The van der Waals surface area contributed by atoms with Crippen LogP contribution in [-0.4, -0.2) is 28.1 Å². The minimum absolute atomic E-state index is 0.110. The minimum atomic E-state index is 0.110. The summed E-state index contributed by atoms with van der Waals surface area (Å²) in [5, 5.41) is 3.16. The quantitative estimate of drug-likeness (QED) is 0.295. The van der Waals surface area contributed by atoms with E-state index < -0.39 is 0 Å². The largest absolute Gasteiger partial charge is 0.488 e. The predicted molar refractivity (Wildman–Crippen MR) is 163 cm³/mol. The summed E-state index contributed by atoms with van der Waals surface area (Å²) in [5.74, 6) is 0.913. The van der Waals surface area contributed by atoms with Gasteiger partial charge in [0.2, 0.25) is 0 Å². The first-order valence-electron chi connectivity index (χ1n) is 14.7. The van der Waals surface area contributed by atoms with E-state index >= 15 is 0 Å². The first kappa shape index (κ1) is 26.2. The number of nitrogens with zero attached hydrogens (tertiary/aromatic N) is 2. The average molecular weight is 539 g/mol. The molecule has 2 aliphatic carbocycles. The van der Waals surface area contributed by atoms with E-state index in [-0.39, 0.29) is 11.9 Å². The van der Waals surface area contributed by atoms with E-state index in [4.69, 9.17) is 9.73 Å². The van der Waals surface area contributed by atoms with Gasteiger partial charge in [-0.15, -0.1) is 0 Å². The molecule has 5 heteroatoms. The summed E-state index contributed by atoms with van der Waals surface area (Å²) in [6, 6.07) is 21.6. The summed E-state index contributed by atoms with van der Waals surface area (Å²) < 4.78 is 6.40. The molecule has 2 saturated carbocycles. The maximum atomic E-state index is 14.0. The molecule has 0 bridgehead atoms. The molecule has 202 valence electrons. The fourth-order valence-corrected chi connectivity index (χ4v) is 7.22. The lowest BCUT2D eigenvalue weighted by Gasteiger charge is -2.31. The fraction of sp³-hybridized carbons (Fsp3) is 0.412. The second kappa shape index (κ2) is 12.0. The van der Waals surface area contributed by atoms with Crippen LogP contribution in [0, 0.1) is 6.92 Å². The van der Waals surface area contributed by atoms with Crippen molar-refractivity contribution in [2.75, 3.05) is 0 Å². The number of rotatable bonds is 6. The minimum Gasteiger partial charge on any atom is -0.488 e. The molecule has 0 spiro atoms. The number of carbonyl (C=O) groups excluding carboxylic acids is 1. The van der Waals surface area contributed by atoms with E-state index in [9.17, 15) is 4.79 Å². The smallest absolute Gasteiger partial charge is 0.267 e. The van der Waals surface area contributed by atoms with Crippen LogP contribution in [0.5, 0.6) is 5.75 Å². The number of benzene rings is 3. The number of aryl methyl sites for hydroxylation is 1. The van der Waals surface area contributed by atoms with Crippen LogP contribution in [0.2, 0.25) is 0 Å². The number of carbonyl (C=O) groups is 1. The van der Waals surface area contributed by atoms with E-state index in [1.165, 1.54) is 44.1 Å². The van der Waals surface area contributed by atoms with Crippen molar-refractivity contribution in [3.63, 3.8) is 0 Å². The molecule has 0 atom stereocenters. The first-order valence-corrected chi connectivity index (χ1v) is 15.5. The molecule has 3 aromatic carbocycles. The van der Waals surface area contributed by atoms with Gasteiger partial charge in [0, 0.05) is 11.6 Å². The Kier molecular flexibility index (Phi) is 8.05. The number of thioether (sulfide) groups is 1. The maximum Gasteiger partial charge on any atom is 0.267 e. The van der Waals surface area contributed by atoms with E-state index in [0.29, 0.717) is 12.6 Å². The van der Waals surface area contributed by atoms with Crippen molar-refractivity contribution < 1.29 is 9.53 Å². The number of amidine groups is 1. The number of hydrogen-bond donors (Lipinski definition) is 0. The molecule has 0 aromatic heterocycles. The van der Waals surface area contributed by atoms with Crippen molar-refractivity contribution in [2.24, 2.45) is 4.99 Å². The highest BCUT2D eigenvalue weighted by Crippen LogP contribution is 2.40. The Bertz CT molecular complexity index is 1380. The predicted octanol–water partition coefficient (Wildman–Crippen LogP) is 8.66. The molecule has 1 amide bonds. The molecule has 4 nitrogen and oxygen atoms in total. The topological polar surface area (TPSA) is 41.9 Å². The molecule has 1 saturated heterocycles. The van der Waals surface area contributed by atoms with Crippen molar-refractivity contribution in [3.8, 4) is 5.75 Å². The highest BCUT2D eigenvalue weighted by Gasteiger charge is 2.39. The monoisotopic (exact) mass is 538 g/mol. The van der Waals surface area contributed by atoms with Gasteiger partial charge in [-0.25, -0.2) is 0 Å². The van der Waals surface area contributed by atoms with Crippen LogP contribution in [0.3, 0.4) is 0 Å². The van der Waals surface area contributed by atoms with Gasteiger partial charge in [-0.2, -0.15) is 0 Å². The second-order valence-corrected chi connectivity index (χ2v) is 12.3. The van der Waals surface area contributed by atoms with Gasteiger partial charge in [0.1, 0.15) is 12.4 Å². The lowest BCUT2D eigenvalue weighted by molar-refractivity contribution is -0.124. The van der Waals surface area contributed by atoms with Crippen LogP contribution in [-0.2, 0) is 11.4 Å². The number of hydrogen-bond acceptors (Lipinski definition) is 4. The van der Waals surface area contributed by atoms with Crippen LogP contribution < -0.4 is 4.74 Å². The highest BCUT2D eigenvalue weighted by molar-refractivity contribution is 8.18. The average Bonchev–Trinajstić information content (AvgIpc) is 3.28. The van der Waals surface area contributed by atoms with E-state index in [2.05, 4.69) is 72.5 Å². The van der Waals surface area contributed by atoms with Gasteiger partial charge in [-0.3, -0.25) is 14.7 Å². The van der Waals surface area contributed by atoms with Crippen LogP contribution in [0.4, 0.5) is 0 Å². The Labute approximate surface area is 236 Å². The molecule has 3 fully saturated rings. The molecule has 1 heterocycles. The van der Waals surface area contributed by atoms with Crippen molar-refractivity contribution in [3.05, 3.63) is 82.3 Å². The number of ether oxygens (including phenoxy) is 1. The molecule has 0 radical (unpaired) electrons. The van der Waals surface area contributed by atoms with Crippen molar-refractivity contribution in [1.82, 2.24) is 4.90 Å². The normalized spacial score (nSPS) is 21.4. The van der Waals surface area contributed by atoms with Gasteiger partial charge in [0.25, 0.3) is 5.91 Å². The van der Waals surface area contributed by atoms with Crippen molar-refractivity contribution in [2.45, 2.75) is 89.8 Å². The van der Waals surface area contributed by atoms with Gasteiger partial charge in [-0.1, -0.05) is 98.7 Å². The molecule has 0 N–H and O–H groups in total.